The van der Waals surface area contributed by atoms with Gasteiger partial charge in [-0.1, -0.05) is 13.3 Å². The Kier molecular flexibility index (Phi) is 2.52. The number of sulfone groups is 1. The van der Waals surface area contributed by atoms with Gasteiger partial charge in [0, 0.05) is 0 Å². The predicted molar refractivity (Wildman–Crippen MR) is 41.9 cm³/mol. The summed E-state index contributed by atoms with van der Waals surface area (Å²) in [6, 6.07) is 0. The third kappa shape index (κ3) is 2.43. The summed E-state index contributed by atoms with van der Waals surface area (Å²) in [5, 5.41) is 0. The summed E-state index contributed by atoms with van der Waals surface area (Å²) in [4.78, 5) is 0. The molecule has 1 saturated heterocycles. The average molecular weight is 180 g/mol. The summed E-state index contributed by atoms with van der Waals surface area (Å²) in [5.41, 5.74) is 0. The maximum absolute atomic E-state index is 12.7. The van der Waals surface area contributed by atoms with Crippen LogP contribution in [0.1, 0.15) is 19.8 Å². The smallest absolute Gasteiger partial charge is 0.153 e. The van der Waals surface area contributed by atoms with E-state index in [2.05, 4.69) is 0 Å². The zero-order chi connectivity index (χ0) is 8.48. The van der Waals surface area contributed by atoms with Gasteiger partial charge in [0.2, 0.25) is 0 Å². The van der Waals surface area contributed by atoms with E-state index in [1.807, 2.05) is 6.92 Å². The lowest BCUT2D eigenvalue weighted by Gasteiger charge is -2.23. The molecule has 0 amide bonds. The van der Waals surface area contributed by atoms with Crippen LogP contribution >= 0.6 is 0 Å². The van der Waals surface area contributed by atoms with Crippen molar-refractivity contribution in [3.8, 4) is 0 Å². The van der Waals surface area contributed by atoms with Crippen molar-refractivity contribution in [1.29, 1.82) is 0 Å². The molecule has 2 unspecified atom stereocenters. The van der Waals surface area contributed by atoms with Crippen molar-refractivity contribution in [2.45, 2.75) is 25.9 Å². The molecule has 4 heteroatoms. The Bertz CT molecular complexity index is 223. The van der Waals surface area contributed by atoms with Gasteiger partial charge in [0.25, 0.3) is 0 Å². The van der Waals surface area contributed by atoms with E-state index in [1.165, 1.54) is 0 Å². The maximum atomic E-state index is 12.7. The van der Waals surface area contributed by atoms with E-state index in [-0.39, 0.29) is 17.4 Å². The Balaban J connectivity index is 2.66. The number of rotatable bonds is 1. The van der Waals surface area contributed by atoms with Crippen molar-refractivity contribution in [3.05, 3.63) is 0 Å². The highest BCUT2D eigenvalue weighted by molar-refractivity contribution is 7.91. The first-order chi connectivity index (χ1) is 5.03. The van der Waals surface area contributed by atoms with Crippen LogP contribution in [0, 0.1) is 5.92 Å². The third-order valence-corrected chi connectivity index (χ3v) is 3.94. The molecule has 0 N–H and O–H groups in total. The molecule has 2 nitrogen and oxygen atoms in total. The van der Waals surface area contributed by atoms with E-state index < -0.39 is 16.0 Å². The summed E-state index contributed by atoms with van der Waals surface area (Å²) in [7, 11) is -3.07. The zero-order valence-corrected chi connectivity index (χ0v) is 7.40. The molecular formula is C7H13FO2S. The van der Waals surface area contributed by atoms with Gasteiger partial charge in [-0.3, -0.25) is 0 Å². The topological polar surface area (TPSA) is 34.1 Å². The molecule has 1 rings (SSSR count). The molecule has 1 fully saturated rings. The Labute approximate surface area is 66.7 Å². The molecule has 0 radical (unpaired) electrons. The first-order valence-electron chi connectivity index (χ1n) is 3.88. The van der Waals surface area contributed by atoms with Crippen molar-refractivity contribution in [1.82, 2.24) is 0 Å². The van der Waals surface area contributed by atoms with Gasteiger partial charge in [0.1, 0.15) is 6.17 Å². The lowest BCUT2D eigenvalue weighted by atomic mass is 10.0. The zero-order valence-electron chi connectivity index (χ0n) is 6.59. The lowest BCUT2D eigenvalue weighted by molar-refractivity contribution is 0.283. The molecule has 0 spiro atoms. The molecule has 66 valence electrons. The molecule has 1 aliphatic heterocycles. The van der Waals surface area contributed by atoms with Gasteiger partial charge in [-0.15, -0.1) is 0 Å². The molecule has 1 heterocycles. The Morgan fingerprint density at radius 1 is 1.45 bits per heavy atom. The second kappa shape index (κ2) is 3.09. The van der Waals surface area contributed by atoms with Crippen LogP contribution in [0.4, 0.5) is 4.39 Å². The molecule has 0 aromatic rings. The van der Waals surface area contributed by atoms with Crippen LogP contribution in [0.2, 0.25) is 0 Å². The van der Waals surface area contributed by atoms with E-state index in [9.17, 15) is 12.8 Å². The van der Waals surface area contributed by atoms with Crippen LogP contribution < -0.4 is 0 Å². The number of hydrogen-bond acceptors (Lipinski definition) is 2. The van der Waals surface area contributed by atoms with Gasteiger partial charge in [-0.25, -0.2) is 12.8 Å². The van der Waals surface area contributed by atoms with E-state index in [0.29, 0.717) is 6.42 Å². The monoisotopic (exact) mass is 180 g/mol. The van der Waals surface area contributed by atoms with Crippen LogP contribution in [-0.4, -0.2) is 26.1 Å². The fourth-order valence-electron chi connectivity index (χ4n) is 1.48. The van der Waals surface area contributed by atoms with Crippen LogP contribution in [0.15, 0.2) is 0 Å². The molecule has 1 aliphatic rings. The first-order valence-corrected chi connectivity index (χ1v) is 5.70. The first kappa shape index (κ1) is 8.97. The predicted octanol–water partition coefficient (Wildman–Crippen LogP) is 1.17. The largest absolute Gasteiger partial charge is 0.246 e. The molecule has 0 aromatic carbocycles. The van der Waals surface area contributed by atoms with E-state index in [4.69, 9.17) is 0 Å². The van der Waals surface area contributed by atoms with Gasteiger partial charge in [0.05, 0.1) is 11.5 Å². The van der Waals surface area contributed by atoms with Crippen LogP contribution in [-0.2, 0) is 9.84 Å². The fraction of sp³-hybridized carbons (Fsp3) is 1.00. The maximum Gasteiger partial charge on any atom is 0.153 e. The molecule has 0 aromatic heterocycles. The summed E-state index contributed by atoms with van der Waals surface area (Å²) in [6.45, 7) is 1.90. The van der Waals surface area contributed by atoms with Crippen LogP contribution in [0.5, 0.6) is 0 Å². The minimum Gasteiger partial charge on any atom is -0.246 e. The standard InChI is InChI=1S/C7H13FO2S/c1-2-6-3-7(8)5-11(9,10)4-6/h6-7H,2-5H2,1H3. The van der Waals surface area contributed by atoms with E-state index in [0.717, 1.165) is 6.42 Å². The van der Waals surface area contributed by atoms with Gasteiger partial charge >= 0.3 is 0 Å². The summed E-state index contributed by atoms with van der Waals surface area (Å²) in [6.07, 6.45) is 0.0637. The molecular weight excluding hydrogens is 167 g/mol. The third-order valence-electron chi connectivity index (χ3n) is 2.09. The number of alkyl halides is 1. The van der Waals surface area contributed by atoms with Crippen LogP contribution in [0.25, 0.3) is 0 Å². The molecule has 0 aliphatic carbocycles. The second-order valence-electron chi connectivity index (χ2n) is 3.18. The van der Waals surface area contributed by atoms with Gasteiger partial charge < -0.3 is 0 Å². The Morgan fingerprint density at radius 3 is 2.55 bits per heavy atom. The average Bonchev–Trinajstić information content (AvgIpc) is 1.83. The van der Waals surface area contributed by atoms with Crippen LogP contribution in [0.3, 0.4) is 0 Å². The quantitative estimate of drug-likeness (QED) is 0.607. The SMILES string of the molecule is CCC1CC(F)CS(=O)(=O)C1. The van der Waals surface area contributed by atoms with Gasteiger partial charge in [0.15, 0.2) is 9.84 Å². The highest BCUT2D eigenvalue weighted by atomic mass is 32.2. The summed E-state index contributed by atoms with van der Waals surface area (Å²) >= 11 is 0. The molecule has 11 heavy (non-hydrogen) atoms. The highest BCUT2D eigenvalue weighted by Gasteiger charge is 2.30. The normalized spacial score (nSPS) is 36.9. The molecule has 0 bridgehead atoms. The minimum atomic E-state index is -3.07. The Morgan fingerprint density at radius 2 is 2.09 bits per heavy atom. The lowest BCUT2D eigenvalue weighted by Crippen LogP contribution is -2.32. The van der Waals surface area contributed by atoms with Gasteiger partial charge in [-0.2, -0.15) is 0 Å². The summed E-state index contributed by atoms with van der Waals surface area (Å²) in [5.74, 6) is -0.0308. The van der Waals surface area contributed by atoms with Crippen molar-refractivity contribution in [3.63, 3.8) is 0 Å². The van der Waals surface area contributed by atoms with Crippen molar-refractivity contribution in [2.75, 3.05) is 11.5 Å². The minimum absolute atomic E-state index is 0.0451. The Hall–Kier alpha value is -0.120. The van der Waals surface area contributed by atoms with E-state index >= 15 is 0 Å². The molecule has 2 atom stereocenters. The highest BCUT2D eigenvalue weighted by Crippen LogP contribution is 2.23. The second-order valence-corrected chi connectivity index (χ2v) is 5.34. The van der Waals surface area contributed by atoms with Crippen molar-refractivity contribution >= 4 is 9.84 Å². The van der Waals surface area contributed by atoms with Crippen molar-refractivity contribution in [2.24, 2.45) is 5.92 Å². The van der Waals surface area contributed by atoms with Gasteiger partial charge in [-0.05, 0) is 12.3 Å². The van der Waals surface area contributed by atoms with E-state index in [1.54, 1.807) is 0 Å². The van der Waals surface area contributed by atoms with Crippen molar-refractivity contribution < 1.29 is 12.8 Å². The fourth-order valence-corrected chi connectivity index (χ4v) is 3.40. The number of halogens is 1. The summed E-state index contributed by atoms with van der Waals surface area (Å²) < 4.78 is 34.7. The molecule has 0 saturated carbocycles. The number of hydrogen-bond donors (Lipinski definition) is 0.